The molecule has 0 saturated carbocycles. The number of aryl methyl sites for hydroxylation is 1. The summed E-state index contributed by atoms with van der Waals surface area (Å²) in [6, 6.07) is 3.28. The van der Waals surface area contributed by atoms with Crippen LogP contribution < -0.4 is 4.90 Å². The maximum atomic E-state index is 13.5. The Balaban J connectivity index is 2.43. The molecule has 17 heavy (non-hydrogen) atoms. The maximum absolute atomic E-state index is 13.5. The van der Waals surface area contributed by atoms with Crippen molar-refractivity contribution >= 4 is 5.69 Å². The minimum absolute atomic E-state index is 0.253. The average Bonchev–Trinajstić information content (AvgIpc) is 2.33. The van der Waals surface area contributed by atoms with Gasteiger partial charge in [-0.15, -0.1) is 0 Å². The Morgan fingerprint density at radius 2 is 2.12 bits per heavy atom. The van der Waals surface area contributed by atoms with Crippen molar-refractivity contribution in [1.29, 1.82) is 0 Å². The first-order chi connectivity index (χ1) is 8.09. The summed E-state index contributed by atoms with van der Waals surface area (Å²) in [5, 5.41) is 9.74. The molecule has 2 rings (SSSR count). The Hall–Kier alpha value is -1.35. The largest absolute Gasteiger partial charge is 0.389 e. The summed E-state index contributed by atoms with van der Waals surface area (Å²) in [4.78, 5) is 2.18. The summed E-state index contributed by atoms with van der Waals surface area (Å²) in [7, 11) is 0. The lowest BCUT2D eigenvalue weighted by atomic mass is 10.0. The molecule has 0 unspecified atom stereocenters. The van der Waals surface area contributed by atoms with Crippen LogP contribution in [0.3, 0.4) is 0 Å². The Bertz CT molecular complexity index is 440. The molecule has 1 atom stereocenters. The number of hydrogen-bond acceptors (Lipinski definition) is 2. The topological polar surface area (TPSA) is 23.5 Å². The first kappa shape index (κ1) is 12.1. The first-order valence-electron chi connectivity index (χ1n) is 5.97. The molecule has 0 radical (unpaired) electrons. The second-order valence-corrected chi connectivity index (χ2v) is 4.54. The SMILES string of the molecule is Cc1cc(N2CC=CCC2)c([C@@H](C)O)cc1F. The van der Waals surface area contributed by atoms with Crippen molar-refractivity contribution < 1.29 is 9.50 Å². The molecule has 1 aliphatic rings. The number of halogens is 1. The van der Waals surface area contributed by atoms with Gasteiger partial charge >= 0.3 is 0 Å². The molecule has 0 spiro atoms. The Morgan fingerprint density at radius 1 is 1.35 bits per heavy atom. The van der Waals surface area contributed by atoms with E-state index in [4.69, 9.17) is 0 Å². The normalized spacial score (nSPS) is 17.3. The van der Waals surface area contributed by atoms with Crippen LogP contribution in [-0.4, -0.2) is 18.2 Å². The Morgan fingerprint density at radius 3 is 2.71 bits per heavy atom. The van der Waals surface area contributed by atoms with Gasteiger partial charge in [-0.25, -0.2) is 4.39 Å². The number of benzene rings is 1. The Kier molecular flexibility index (Phi) is 3.48. The highest BCUT2D eigenvalue weighted by Crippen LogP contribution is 2.30. The molecule has 1 N–H and O–H groups in total. The van der Waals surface area contributed by atoms with Crippen molar-refractivity contribution in [3.8, 4) is 0 Å². The number of anilines is 1. The van der Waals surface area contributed by atoms with Crippen molar-refractivity contribution in [2.24, 2.45) is 0 Å². The fraction of sp³-hybridized carbons (Fsp3) is 0.429. The lowest BCUT2D eigenvalue weighted by Crippen LogP contribution is -2.28. The first-order valence-corrected chi connectivity index (χ1v) is 5.97. The summed E-state index contributed by atoms with van der Waals surface area (Å²) in [5.74, 6) is -0.253. The number of aliphatic hydroxyl groups is 1. The lowest BCUT2D eigenvalue weighted by molar-refractivity contribution is 0.199. The monoisotopic (exact) mass is 235 g/mol. The fourth-order valence-electron chi connectivity index (χ4n) is 2.15. The van der Waals surface area contributed by atoms with Crippen molar-refractivity contribution in [3.63, 3.8) is 0 Å². The molecule has 2 nitrogen and oxygen atoms in total. The zero-order chi connectivity index (χ0) is 12.4. The van der Waals surface area contributed by atoms with Gasteiger partial charge in [0.15, 0.2) is 0 Å². The summed E-state index contributed by atoms with van der Waals surface area (Å²) in [5.41, 5.74) is 2.24. The molecular formula is C14H18FNO. The highest BCUT2D eigenvalue weighted by Gasteiger charge is 2.17. The van der Waals surface area contributed by atoms with E-state index in [2.05, 4.69) is 17.1 Å². The second kappa shape index (κ2) is 4.88. The van der Waals surface area contributed by atoms with E-state index in [0.717, 1.165) is 25.2 Å². The summed E-state index contributed by atoms with van der Waals surface area (Å²) in [6.07, 6.45) is 4.60. The number of hydrogen-bond donors (Lipinski definition) is 1. The third-order valence-corrected chi connectivity index (χ3v) is 3.16. The minimum atomic E-state index is -0.647. The standard InChI is InChI=1S/C14H18FNO/c1-10-8-14(16-6-4-3-5-7-16)12(11(2)17)9-13(10)15/h3-4,8-9,11,17H,5-7H2,1-2H3/t11-/m1/s1. The zero-order valence-corrected chi connectivity index (χ0v) is 10.3. The minimum Gasteiger partial charge on any atom is -0.389 e. The van der Waals surface area contributed by atoms with Gasteiger partial charge in [-0.2, -0.15) is 0 Å². The number of rotatable bonds is 2. The third-order valence-electron chi connectivity index (χ3n) is 3.16. The summed E-state index contributed by atoms with van der Waals surface area (Å²) >= 11 is 0. The van der Waals surface area contributed by atoms with Crippen LogP contribution in [0.2, 0.25) is 0 Å². The van der Waals surface area contributed by atoms with Crippen LogP contribution in [0, 0.1) is 12.7 Å². The molecule has 3 heteroatoms. The molecular weight excluding hydrogens is 217 g/mol. The number of nitrogens with zero attached hydrogens (tertiary/aromatic N) is 1. The highest BCUT2D eigenvalue weighted by atomic mass is 19.1. The van der Waals surface area contributed by atoms with E-state index in [1.54, 1.807) is 13.8 Å². The zero-order valence-electron chi connectivity index (χ0n) is 10.3. The van der Waals surface area contributed by atoms with Gasteiger partial charge in [0.1, 0.15) is 5.82 Å². The maximum Gasteiger partial charge on any atom is 0.126 e. The highest BCUT2D eigenvalue weighted by molar-refractivity contribution is 5.57. The van der Waals surface area contributed by atoms with Crippen LogP contribution >= 0.6 is 0 Å². The molecule has 0 bridgehead atoms. The van der Waals surface area contributed by atoms with Crippen LogP contribution in [0.15, 0.2) is 24.3 Å². The molecule has 1 aliphatic heterocycles. The fourth-order valence-corrected chi connectivity index (χ4v) is 2.15. The van der Waals surface area contributed by atoms with E-state index in [1.807, 2.05) is 6.07 Å². The quantitative estimate of drug-likeness (QED) is 0.797. The van der Waals surface area contributed by atoms with E-state index < -0.39 is 6.10 Å². The molecule has 0 amide bonds. The molecule has 0 fully saturated rings. The Labute approximate surface area is 101 Å². The molecule has 1 aromatic rings. The lowest BCUT2D eigenvalue weighted by Gasteiger charge is -2.29. The molecule has 0 saturated heterocycles. The van der Waals surface area contributed by atoms with Crippen LogP contribution in [-0.2, 0) is 0 Å². The number of aliphatic hydroxyl groups excluding tert-OH is 1. The smallest absolute Gasteiger partial charge is 0.126 e. The molecule has 0 aromatic heterocycles. The van der Waals surface area contributed by atoms with Gasteiger partial charge < -0.3 is 10.0 Å². The van der Waals surface area contributed by atoms with Gasteiger partial charge in [-0.1, -0.05) is 12.2 Å². The van der Waals surface area contributed by atoms with E-state index in [1.165, 1.54) is 6.07 Å². The summed E-state index contributed by atoms with van der Waals surface area (Å²) in [6.45, 7) is 5.17. The van der Waals surface area contributed by atoms with Gasteiger partial charge in [-0.3, -0.25) is 0 Å². The predicted molar refractivity (Wildman–Crippen MR) is 67.7 cm³/mol. The van der Waals surface area contributed by atoms with E-state index in [9.17, 15) is 9.50 Å². The second-order valence-electron chi connectivity index (χ2n) is 4.54. The van der Waals surface area contributed by atoms with Crippen LogP contribution in [0.5, 0.6) is 0 Å². The summed E-state index contributed by atoms with van der Waals surface area (Å²) < 4.78 is 13.5. The van der Waals surface area contributed by atoms with Crippen LogP contribution in [0.25, 0.3) is 0 Å². The van der Waals surface area contributed by atoms with Gasteiger partial charge in [0.25, 0.3) is 0 Å². The van der Waals surface area contributed by atoms with Crippen LogP contribution in [0.1, 0.15) is 30.6 Å². The van der Waals surface area contributed by atoms with E-state index in [-0.39, 0.29) is 5.82 Å². The van der Waals surface area contributed by atoms with Gasteiger partial charge in [0, 0.05) is 24.3 Å². The van der Waals surface area contributed by atoms with Crippen molar-refractivity contribution in [2.45, 2.75) is 26.4 Å². The van der Waals surface area contributed by atoms with Crippen molar-refractivity contribution in [1.82, 2.24) is 0 Å². The van der Waals surface area contributed by atoms with Crippen LogP contribution in [0.4, 0.5) is 10.1 Å². The van der Waals surface area contributed by atoms with Crippen molar-refractivity contribution in [3.05, 3.63) is 41.2 Å². The van der Waals surface area contributed by atoms with Crippen molar-refractivity contribution in [2.75, 3.05) is 18.0 Å². The molecule has 1 aromatic carbocycles. The van der Waals surface area contributed by atoms with E-state index in [0.29, 0.717) is 11.1 Å². The van der Waals surface area contributed by atoms with E-state index >= 15 is 0 Å². The van der Waals surface area contributed by atoms with Gasteiger partial charge in [-0.05, 0) is 38.0 Å². The van der Waals surface area contributed by atoms with Gasteiger partial charge in [0.2, 0.25) is 0 Å². The van der Waals surface area contributed by atoms with Gasteiger partial charge in [0.05, 0.1) is 6.10 Å². The predicted octanol–water partition coefficient (Wildman–Crippen LogP) is 2.95. The third kappa shape index (κ3) is 2.50. The molecule has 0 aliphatic carbocycles. The molecule has 1 heterocycles. The molecule has 92 valence electrons. The average molecular weight is 235 g/mol.